The van der Waals surface area contributed by atoms with E-state index in [2.05, 4.69) is 175 Å². The number of fused-ring (bicyclic) bond motifs is 3. The molecule has 1 nitrogen and oxygen atoms in total. The van der Waals surface area contributed by atoms with Crippen molar-refractivity contribution in [2.75, 3.05) is 4.90 Å². The quantitative estimate of drug-likeness (QED) is 0.164. The van der Waals surface area contributed by atoms with Crippen molar-refractivity contribution in [1.82, 2.24) is 0 Å². The summed E-state index contributed by atoms with van der Waals surface area (Å²) < 4.78 is 2.65. The molecule has 0 spiro atoms. The van der Waals surface area contributed by atoms with Gasteiger partial charge in [0.05, 0.1) is 0 Å². The van der Waals surface area contributed by atoms with Crippen LogP contribution >= 0.6 is 11.3 Å². The first kappa shape index (κ1) is 30.6. The lowest BCUT2D eigenvalue weighted by Crippen LogP contribution is -2.10. The van der Waals surface area contributed by atoms with Gasteiger partial charge < -0.3 is 4.90 Å². The van der Waals surface area contributed by atoms with Crippen LogP contribution in [0.4, 0.5) is 17.1 Å². The summed E-state index contributed by atoms with van der Waals surface area (Å²) >= 11 is 1.88. The van der Waals surface area contributed by atoms with Crippen molar-refractivity contribution >= 4 is 48.6 Å². The van der Waals surface area contributed by atoms with Gasteiger partial charge in [-0.1, -0.05) is 147 Å². The van der Waals surface area contributed by atoms with E-state index < -0.39 is 0 Å². The van der Waals surface area contributed by atoms with Gasteiger partial charge in [0.15, 0.2) is 0 Å². The first-order chi connectivity index (χ1) is 24.8. The average Bonchev–Trinajstić information content (AvgIpc) is 3.57. The van der Waals surface area contributed by atoms with E-state index in [1.165, 1.54) is 103 Å². The Labute approximate surface area is 299 Å². The number of hydrogen-bond acceptors (Lipinski definition) is 2. The average molecular weight is 662 g/mol. The maximum absolute atomic E-state index is 2.43. The third-order valence-electron chi connectivity index (χ3n) is 10.5. The molecule has 7 aromatic carbocycles. The second-order valence-electron chi connectivity index (χ2n) is 13.5. The van der Waals surface area contributed by atoms with Gasteiger partial charge in [-0.25, -0.2) is 0 Å². The molecule has 1 fully saturated rings. The minimum absolute atomic E-state index is 0.684. The molecule has 1 saturated carbocycles. The Morgan fingerprint density at radius 3 is 1.64 bits per heavy atom. The van der Waals surface area contributed by atoms with E-state index in [1.807, 2.05) is 11.3 Å². The van der Waals surface area contributed by atoms with Crippen molar-refractivity contribution in [3.8, 4) is 33.4 Å². The van der Waals surface area contributed by atoms with Crippen LogP contribution in [-0.2, 0) is 0 Å². The Bertz CT molecular complexity index is 2330. The highest BCUT2D eigenvalue weighted by Gasteiger charge is 2.20. The summed E-state index contributed by atoms with van der Waals surface area (Å²) in [5, 5.41) is 2.65. The summed E-state index contributed by atoms with van der Waals surface area (Å²) in [6.45, 7) is 0. The molecule has 0 bridgehead atoms. The first-order valence-corrected chi connectivity index (χ1v) is 18.8. The van der Waals surface area contributed by atoms with E-state index in [1.54, 1.807) is 0 Å². The minimum Gasteiger partial charge on any atom is -0.310 e. The van der Waals surface area contributed by atoms with Crippen LogP contribution in [0.1, 0.15) is 43.6 Å². The van der Waals surface area contributed by atoms with E-state index in [0.29, 0.717) is 5.92 Å². The summed E-state index contributed by atoms with van der Waals surface area (Å²) in [4.78, 5) is 2.43. The third kappa shape index (κ3) is 5.80. The molecule has 1 heterocycles. The van der Waals surface area contributed by atoms with Crippen molar-refractivity contribution in [2.45, 2.75) is 38.0 Å². The zero-order chi connectivity index (χ0) is 33.3. The molecule has 0 N–H and O–H groups in total. The predicted molar refractivity (Wildman–Crippen MR) is 216 cm³/mol. The van der Waals surface area contributed by atoms with Crippen molar-refractivity contribution in [3.63, 3.8) is 0 Å². The Hall–Kier alpha value is -5.44. The smallest absolute Gasteiger partial charge is 0.0476 e. The van der Waals surface area contributed by atoms with E-state index in [0.717, 1.165) is 5.69 Å². The molecule has 1 aliphatic rings. The van der Waals surface area contributed by atoms with Crippen LogP contribution in [-0.4, -0.2) is 0 Å². The standard InChI is InChI=1S/C48H39NS/c1-4-13-34(14-5-1)35-23-27-39(28-24-35)49(41-31-32-45-44-19-10-11-22-46(44)50-47(45)33-41)40-29-25-38(26-30-40)48-42(36-15-6-2-7-16-36)20-12-21-43(48)37-17-8-3-9-18-37/h2-3,6-12,15-34H,1,4-5,13-14H2. The van der Waals surface area contributed by atoms with Crippen LogP contribution in [0.3, 0.4) is 0 Å². The van der Waals surface area contributed by atoms with E-state index >= 15 is 0 Å². The summed E-state index contributed by atoms with van der Waals surface area (Å²) in [5.74, 6) is 0.684. The predicted octanol–water partition coefficient (Wildman–Crippen LogP) is 14.6. The maximum atomic E-state index is 2.43. The van der Waals surface area contributed by atoms with Crippen LogP contribution in [0.2, 0.25) is 0 Å². The number of benzene rings is 7. The van der Waals surface area contributed by atoms with Crippen LogP contribution in [0, 0.1) is 0 Å². The molecule has 1 aliphatic carbocycles. The van der Waals surface area contributed by atoms with Crippen LogP contribution in [0.5, 0.6) is 0 Å². The van der Waals surface area contributed by atoms with Crippen molar-refractivity contribution in [1.29, 1.82) is 0 Å². The molecule has 8 aromatic rings. The highest BCUT2D eigenvalue weighted by Crippen LogP contribution is 2.44. The van der Waals surface area contributed by atoms with Gasteiger partial charge in [-0.3, -0.25) is 0 Å². The lowest BCUT2D eigenvalue weighted by atomic mass is 9.84. The first-order valence-electron chi connectivity index (χ1n) is 18.0. The van der Waals surface area contributed by atoms with E-state index in [4.69, 9.17) is 0 Å². The van der Waals surface area contributed by atoms with Gasteiger partial charge in [0.2, 0.25) is 0 Å². The Morgan fingerprint density at radius 1 is 0.420 bits per heavy atom. The molecule has 0 radical (unpaired) electrons. The van der Waals surface area contributed by atoms with Gasteiger partial charge in [0.25, 0.3) is 0 Å². The second-order valence-corrected chi connectivity index (χ2v) is 14.6. The van der Waals surface area contributed by atoms with E-state index in [9.17, 15) is 0 Å². The van der Waals surface area contributed by atoms with Crippen molar-refractivity contribution < 1.29 is 0 Å². The number of hydrogen-bond donors (Lipinski definition) is 0. The second kappa shape index (κ2) is 13.5. The summed E-state index contributed by atoms with van der Waals surface area (Å²) in [6, 6.07) is 62.6. The largest absolute Gasteiger partial charge is 0.310 e. The molecule has 0 amide bonds. The summed E-state index contributed by atoms with van der Waals surface area (Å²) in [7, 11) is 0. The zero-order valence-electron chi connectivity index (χ0n) is 28.1. The minimum atomic E-state index is 0.684. The molecule has 50 heavy (non-hydrogen) atoms. The summed E-state index contributed by atoms with van der Waals surface area (Å²) in [5.41, 5.74) is 12.4. The highest BCUT2D eigenvalue weighted by molar-refractivity contribution is 7.25. The molecule has 242 valence electrons. The molecular weight excluding hydrogens is 623 g/mol. The fourth-order valence-corrected chi connectivity index (χ4v) is 9.13. The lowest BCUT2D eigenvalue weighted by Gasteiger charge is -2.27. The summed E-state index contributed by atoms with van der Waals surface area (Å²) in [6.07, 6.45) is 6.69. The number of anilines is 3. The molecule has 2 heteroatoms. The lowest BCUT2D eigenvalue weighted by molar-refractivity contribution is 0.443. The topological polar surface area (TPSA) is 3.24 Å². The monoisotopic (exact) mass is 661 g/mol. The third-order valence-corrected chi connectivity index (χ3v) is 11.6. The molecule has 0 unspecified atom stereocenters. The fraction of sp³-hybridized carbons (Fsp3) is 0.125. The molecule has 0 saturated heterocycles. The zero-order valence-corrected chi connectivity index (χ0v) is 29.0. The Kier molecular flexibility index (Phi) is 8.24. The van der Waals surface area contributed by atoms with Gasteiger partial charge in [0, 0.05) is 37.2 Å². The number of thiophene rings is 1. The molecular formula is C48H39NS. The molecule has 9 rings (SSSR count). The van der Waals surface area contributed by atoms with Gasteiger partial charge in [-0.15, -0.1) is 11.3 Å². The van der Waals surface area contributed by atoms with Gasteiger partial charge >= 0.3 is 0 Å². The van der Waals surface area contributed by atoms with Gasteiger partial charge in [0.1, 0.15) is 0 Å². The fourth-order valence-electron chi connectivity index (χ4n) is 7.99. The van der Waals surface area contributed by atoms with Crippen molar-refractivity contribution in [2.24, 2.45) is 0 Å². The molecule has 0 atom stereocenters. The van der Waals surface area contributed by atoms with Crippen LogP contribution < -0.4 is 4.90 Å². The van der Waals surface area contributed by atoms with Crippen molar-refractivity contribution in [3.05, 3.63) is 175 Å². The normalized spacial score (nSPS) is 13.5. The molecule has 0 aliphatic heterocycles. The van der Waals surface area contributed by atoms with Gasteiger partial charge in [-0.2, -0.15) is 0 Å². The number of rotatable bonds is 7. The van der Waals surface area contributed by atoms with Crippen LogP contribution in [0.15, 0.2) is 170 Å². The van der Waals surface area contributed by atoms with Crippen LogP contribution in [0.25, 0.3) is 53.6 Å². The Balaban J connectivity index is 1.17. The highest BCUT2D eigenvalue weighted by atomic mass is 32.1. The molecule has 1 aromatic heterocycles. The number of nitrogens with zero attached hydrogens (tertiary/aromatic N) is 1. The SMILES string of the molecule is c1ccc(-c2cccc(-c3ccccc3)c2-c2ccc(N(c3ccc(C4CCCCC4)cc3)c3ccc4c(c3)sc3ccccc34)cc2)cc1. The maximum Gasteiger partial charge on any atom is 0.0476 e. The van der Waals surface area contributed by atoms with Gasteiger partial charge in [-0.05, 0) is 100 Å². The Morgan fingerprint density at radius 2 is 0.980 bits per heavy atom. The van der Waals surface area contributed by atoms with E-state index in [-0.39, 0.29) is 0 Å².